The van der Waals surface area contributed by atoms with E-state index in [0.717, 1.165) is 49.7 Å². The van der Waals surface area contributed by atoms with Crippen molar-refractivity contribution in [2.24, 2.45) is 0 Å². The van der Waals surface area contributed by atoms with Crippen LogP contribution in [0.4, 0.5) is 5.69 Å². The van der Waals surface area contributed by atoms with Crippen molar-refractivity contribution in [1.29, 1.82) is 0 Å². The highest BCUT2D eigenvalue weighted by molar-refractivity contribution is 8.01. The van der Waals surface area contributed by atoms with Gasteiger partial charge in [-0.25, -0.2) is 0 Å². The number of carbonyl (C=O) groups is 2. The number of carbonyl (C=O) groups excluding carboxylic acids is 2. The third-order valence-electron chi connectivity index (χ3n) is 5.24. The number of morpholine rings is 1. The highest BCUT2D eigenvalue weighted by Crippen LogP contribution is 2.15. The van der Waals surface area contributed by atoms with Gasteiger partial charge < -0.3 is 15.4 Å². The number of nitrogens with zero attached hydrogens (tertiary/aromatic N) is 1. The average molecular weight is 442 g/mol. The number of hydrogen-bond donors (Lipinski definition) is 2. The first-order valence-corrected chi connectivity index (χ1v) is 11.7. The Morgan fingerprint density at radius 3 is 2.45 bits per heavy atom. The molecule has 1 atom stereocenters. The number of anilines is 1. The van der Waals surface area contributed by atoms with E-state index in [2.05, 4.69) is 27.7 Å². The van der Waals surface area contributed by atoms with E-state index in [0.29, 0.717) is 6.54 Å². The molecule has 0 saturated carbocycles. The summed E-state index contributed by atoms with van der Waals surface area (Å²) in [5.41, 5.74) is 4.26. The van der Waals surface area contributed by atoms with Gasteiger partial charge in [0.2, 0.25) is 11.8 Å². The van der Waals surface area contributed by atoms with E-state index in [4.69, 9.17) is 4.74 Å². The van der Waals surface area contributed by atoms with Crippen molar-refractivity contribution in [3.63, 3.8) is 0 Å². The van der Waals surface area contributed by atoms with Crippen LogP contribution in [0.15, 0.2) is 48.5 Å². The molecule has 0 aromatic heterocycles. The Morgan fingerprint density at radius 1 is 1.06 bits per heavy atom. The van der Waals surface area contributed by atoms with Crippen LogP contribution in [0.25, 0.3) is 0 Å². The SMILES string of the molecule is Cc1ccc(NC(=O)CSC(C)C(=O)NCc2ccccc2CN2CCOCC2)cc1. The minimum Gasteiger partial charge on any atom is -0.379 e. The van der Waals surface area contributed by atoms with Gasteiger partial charge in [0.1, 0.15) is 0 Å². The highest BCUT2D eigenvalue weighted by atomic mass is 32.2. The van der Waals surface area contributed by atoms with Crippen molar-refractivity contribution in [2.75, 3.05) is 37.4 Å². The summed E-state index contributed by atoms with van der Waals surface area (Å²) in [5.74, 6) is 0.0643. The molecule has 1 saturated heterocycles. The molecule has 1 unspecified atom stereocenters. The molecule has 2 amide bonds. The number of amides is 2. The average Bonchev–Trinajstić information content (AvgIpc) is 2.79. The first kappa shape index (κ1) is 23.3. The lowest BCUT2D eigenvalue weighted by Gasteiger charge is -2.27. The van der Waals surface area contributed by atoms with Crippen LogP contribution >= 0.6 is 11.8 Å². The second-order valence-electron chi connectivity index (χ2n) is 7.74. The molecule has 1 fully saturated rings. The Bertz CT molecular complexity index is 867. The molecule has 166 valence electrons. The molecule has 2 aromatic carbocycles. The zero-order valence-electron chi connectivity index (χ0n) is 18.2. The summed E-state index contributed by atoms with van der Waals surface area (Å²) in [6.07, 6.45) is 0. The molecule has 0 aliphatic carbocycles. The number of aryl methyl sites for hydroxylation is 1. The zero-order chi connectivity index (χ0) is 22.1. The van der Waals surface area contributed by atoms with E-state index >= 15 is 0 Å². The number of hydrogen-bond acceptors (Lipinski definition) is 5. The van der Waals surface area contributed by atoms with Gasteiger partial charge in [0.15, 0.2) is 0 Å². The van der Waals surface area contributed by atoms with E-state index in [9.17, 15) is 9.59 Å². The van der Waals surface area contributed by atoms with Crippen molar-refractivity contribution in [2.45, 2.75) is 32.2 Å². The molecule has 2 aromatic rings. The maximum absolute atomic E-state index is 12.5. The maximum Gasteiger partial charge on any atom is 0.234 e. The highest BCUT2D eigenvalue weighted by Gasteiger charge is 2.17. The van der Waals surface area contributed by atoms with Gasteiger partial charge in [-0.15, -0.1) is 11.8 Å². The van der Waals surface area contributed by atoms with Crippen molar-refractivity contribution in [3.05, 3.63) is 65.2 Å². The molecule has 0 radical (unpaired) electrons. The summed E-state index contributed by atoms with van der Waals surface area (Å²) in [4.78, 5) is 27.1. The lowest BCUT2D eigenvalue weighted by atomic mass is 10.1. The molecular weight excluding hydrogens is 410 g/mol. The van der Waals surface area contributed by atoms with E-state index < -0.39 is 0 Å². The topological polar surface area (TPSA) is 70.7 Å². The summed E-state index contributed by atoms with van der Waals surface area (Å²) in [6.45, 7) is 8.58. The number of nitrogens with one attached hydrogen (secondary N) is 2. The van der Waals surface area contributed by atoms with Crippen molar-refractivity contribution >= 4 is 29.3 Å². The molecule has 0 bridgehead atoms. The fraction of sp³-hybridized carbons (Fsp3) is 0.417. The molecule has 2 N–H and O–H groups in total. The minimum atomic E-state index is -0.310. The van der Waals surface area contributed by atoms with Crippen LogP contribution in [0.1, 0.15) is 23.6 Å². The second kappa shape index (κ2) is 11.9. The van der Waals surface area contributed by atoms with Gasteiger partial charge in [0, 0.05) is 31.9 Å². The first-order chi connectivity index (χ1) is 15.0. The summed E-state index contributed by atoms with van der Waals surface area (Å²) < 4.78 is 5.42. The van der Waals surface area contributed by atoms with Crippen LogP contribution in [-0.4, -0.2) is 54.0 Å². The third-order valence-corrected chi connectivity index (χ3v) is 6.38. The van der Waals surface area contributed by atoms with Gasteiger partial charge in [0.25, 0.3) is 0 Å². The lowest BCUT2D eigenvalue weighted by Crippen LogP contribution is -2.36. The fourth-order valence-corrected chi connectivity index (χ4v) is 4.03. The van der Waals surface area contributed by atoms with E-state index in [-0.39, 0.29) is 22.8 Å². The Hall–Kier alpha value is -2.35. The van der Waals surface area contributed by atoms with Crippen molar-refractivity contribution in [3.8, 4) is 0 Å². The van der Waals surface area contributed by atoms with Crippen LogP contribution in [0.2, 0.25) is 0 Å². The number of benzene rings is 2. The predicted molar refractivity (Wildman–Crippen MR) is 126 cm³/mol. The summed E-state index contributed by atoms with van der Waals surface area (Å²) in [7, 11) is 0. The number of ether oxygens (including phenoxy) is 1. The number of rotatable bonds is 9. The second-order valence-corrected chi connectivity index (χ2v) is 9.07. The van der Waals surface area contributed by atoms with Crippen LogP contribution in [0, 0.1) is 6.92 Å². The van der Waals surface area contributed by atoms with E-state index in [1.165, 1.54) is 17.3 Å². The molecule has 3 rings (SSSR count). The van der Waals surface area contributed by atoms with Gasteiger partial charge in [-0.3, -0.25) is 14.5 Å². The Balaban J connectivity index is 1.43. The molecule has 6 nitrogen and oxygen atoms in total. The predicted octanol–water partition coefficient (Wildman–Crippen LogP) is 3.20. The van der Waals surface area contributed by atoms with Crippen LogP contribution in [0.5, 0.6) is 0 Å². The van der Waals surface area contributed by atoms with Crippen LogP contribution in [0.3, 0.4) is 0 Å². The molecule has 0 spiro atoms. The van der Waals surface area contributed by atoms with Gasteiger partial charge >= 0.3 is 0 Å². The smallest absolute Gasteiger partial charge is 0.234 e. The van der Waals surface area contributed by atoms with Crippen LogP contribution in [-0.2, 0) is 27.4 Å². The molecule has 1 aliphatic rings. The minimum absolute atomic E-state index is 0.0608. The monoisotopic (exact) mass is 441 g/mol. The largest absolute Gasteiger partial charge is 0.379 e. The Morgan fingerprint density at radius 2 is 1.74 bits per heavy atom. The lowest BCUT2D eigenvalue weighted by molar-refractivity contribution is -0.120. The van der Waals surface area contributed by atoms with Gasteiger partial charge in [-0.05, 0) is 37.1 Å². The molecule has 7 heteroatoms. The molecule has 31 heavy (non-hydrogen) atoms. The maximum atomic E-state index is 12.5. The van der Waals surface area contributed by atoms with E-state index in [1.54, 1.807) is 0 Å². The quantitative estimate of drug-likeness (QED) is 0.625. The Labute approximate surface area is 188 Å². The third kappa shape index (κ3) is 7.69. The zero-order valence-corrected chi connectivity index (χ0v) is 19.0. The summed E-state index contributed by atoms with van der Waals surface area (Å²) in [6, 6.07) is 15.9. The summed E-state index contributed by atoms with van der Waals surface area (Å²) in [5, 5.41) is 5.57. The van der Waals surface area contributed by atoms with Gasteiger partial charge in [0.05, 0.1) is 24.2 Å². The summed E-state index contributed by atoms with van der Waals surface area (Å²) >= 11 is 1.34. The van der Waals surface area contributed by atoms with E-state index in [1.807, 2.05) is 50.2 Å². The fourth-order valence-electron chi connectivity index (χ4n) is 3.32. The first-order valence-electron chi connectivity index (χ1n) is 10.6. The molecule has 1 heterocycles. The van der Waals surface area contributed by atoms with Crippen molar-refractivity contribution < 1.29 is 14.3 Å². The van der Waals surface area contributed by atoms with Crippen molar-refractivity contribution in [1.82, 2.24) is 10.2 Å². The van der Waals surface area contributed by atoms with Gasteiger partial charge in [-0.2, -0.15) is 0 Å². The Kier molecular flexibility index (Phi) is 8.94. The van der Waals surface area contributed by atoms with Crippen LogP contribution < -0.4 is 10.6 Å². The molecular formula is C24H31N3O3S. The normalized spacial score (nSPS) is 15.3. The molecule has 1 aliphatic heterocycles. The number of thioether (sulfide) groups is 1. The van der Waals surface area contributed by atoms with Gasteiger partial charge in [-0.1, -0.05) is 42.0 Å². The standard InChI is InChI=1S/C24H31N3O3S/c1-18-7-9-22(10-8-18)26-23(28)17-31-19(2)24(29)25-15-20-5-3-4-6-21(20)16-27-11-13-30-14-12-27/h3-10,19H,11-17H2,1-2H3,(H,25,29)(H,26,28).